The van der Waals surface area contributed by atoms with Gasteiger partial charge in [-0.25, -0.2) is 15.0 Å². The maximum Gasteiger partial charge on any atom is 0.417 e. The summed E-state index contributed by atoms with van der Waals surface area (Å²) in [5.41, 5.74) is -1.37. The quantitative estimate of drug-likeness (QED) is 0.633. The van der Waals surface area contributed by atoms with Crippen LogP contribution in [0.4, 0.5) is 19.0 Å². The molecule has 0 aliphatic heterocycles. The average Bonchev–Trinajstić information content (AvgIpc) is 3.10. The molecule has 0 fully saturated rings. The summed E-state index contributed by atoms with van der Waals surface area (Å²) in [6, 6.07) is 6.37. The maximum atomic E-state index is 13.0. The zero-order valence-electron chi connectivity index (χ0n) is 14.9. The summed E-state index contributed by atoms with van der Waals surface area (Å²) in [5, 5.41) is 5.47. The van der Waals surface area contributed by atoms with Crippen LogP contribution in [-0.2, 0) is 6.18 Å². The molecular formula is C18H17F3N6O. The van der Waals surface area contributed by atoms with Crippen molar-refractivity contribution in [2.24, 2.45) is 0 Å². The molecule has 146 valence electrons. The average molecular weight is 390 g/mol. The number of anilines is 1. The molecule has 3 rings (SSSR count). The van der Waals surface area contributed by atoms with E-state index in [-0.39, 0.29) is 13.1 Å². The van der Waals surface area contributed by atoms with Crippen molar-refractivity contribution in [3.63, 3.8) is 0 Å². The van der Waals surface area contributed by atoms with Gasteiger partial charge in [0, 0.05) is 31.5 Å². The lowest BCUT2D eigenvalue weighted by Crippen LogP contribution is -2.30. The summed E-state index contributed by atoms with van der Waals surface area (Å²) < 4.78 is 40.7. The molecule has 0 radical (unpaired) electrons. The van der Waals surface area contributed by atoms with Crippen molar-refractivity contribution < 1.29 is 18.0 Å². The number of nitrogens with zero attached hydrogens (tertiary/aromatic N) is 4. The molecule has 7 nitrogen and oxygen atoms in total. The second-order valence-electron chi connectivity index (χ2n) is 5.83. The molecule has 2 aromatic heterocycles. The van der Waals surface area contributed by atoms with Gasteiger partial charge in [0.05, 0.1) is 11.1 Å². The molecular weight excluding hydrogens is 373 g/mol. The zero-order valence-corrected chi connectivity index (χ0v) is 14.9. The molecule has 2 heterocycles. The molecule has 3 aromatic rings. The lowest BCUT2D eigenvalue weighted by atomic mass is 10.1. The normalized spacial score (nSPS) is 11.3. The van der Waals surface area contributed by atoms with Crippen LogP contribution in [0.15, 0.2) is 49.1 Å². The summed E-state index contributed by atoms with van der Waals surface area (Å²) in [6.45, 7) is 2.23. The van der Waals surface area contributed by atoms with Gasteiger partial charge in [-0.2, -0.15) is 13.2 Å². The van der Waals surface area contributed by atoms with Crippen LogP contribution in [0, 0.1) is 6.92 Å². The number of halogens is 3. The molecule has 10 heteroatoms. The standard InChI is InChI=1S/C18H17F3N6O/c1-12-22-8-9-27(12)16-10-15(25-11-26-16)23-6-7-24-17(28)13-4-2-3-5-14(13)18(19,20)21/h2-5,8-11H,6-7H2,1H3,(H,24,28)(H,23,25,26). The first-order chi connectivity index (χ1) is 13.4. The molecule has 0 saturated heterocycles. The Morgan fingerprint density at radius 2 is 1.93 bits per heavy atom. The minimum Gasteiger partial charge on any atom is -0.368 e. The summed E-state index contributed by atoms with van der Waals surface area (Å²) in [7, 11) is 0. The molecule has 0 atom stereocenters. The van der Waals surface area contributed by atoms with E-state index >= 15 is 0 Å². The fraction of sp³-hybridized carbons (Fsp3) is 0.222. The van der Waals surface area contributed by atoms with Crippen molar-refractivity contribution >= 4 is 11.7 Å². The number of imidazole rings is 1. The molecule has 0 saturated carbocycles. The van der Waals surface area contributed by atoms with Crippen molar-refractivity contribution in [3.05, 3.63) is 66.0 Å². The van der Waals surface area contributed by atoms with Crippen LogP contribution in [0.5, 0.6) is 0 Å². The number of nitrogens with one attached hydrogen (secondary N) is 2. The number of alkyl halides is 3. The van der Waals surface area contributed by atoms with E-state index in [0.717, 1.165) is 18.0 Å². The van der Waals surface area contributed by atoms with Crippen molar-refractivity contribution in [1.29, 1.82) is 0 Å². The van der Waals surface area contributed by atoms with Crippen molar-refractivity contribution in [2.75, 3.05) is 18.4 Å². The smallest absolute Gasteiger partial charge is 0.368 e. The van der Waals surface area contributed by atoms with Crippen LogP contribution in [0.3, 0.4) is 0 Å². The molecule has 0 aliphatic rings. The van der Waals surface area contributed by atoms with Crippen molar-refractivity contribution in [2.45, 2.75) is 13.1 Å². The van der Waals surface area contributed by atoms with Gasteiger partial charge in [0.25, 0.3) is 5.91 Å². The highest BCUT2D eigenvalue weighted by Crippen LogP contribution is 2.31. The van der Waals surface area contributed by atoms with Gasteiger partial charge in [-0.15, -0.1) is 0 Å². The Labute approximate surface area is 158 Å². The highest BCUT2D eigenvalue weighted by atomic mass is 19.4. The van der Waals surface area contributed by atoms with Crippen LogP contribution < -0.4 is 10.6 Å². The Hall–Kier alpha value is -3.43. The Kier molecular flexibility index (Phi) is 5.57. The predicted molar refractivity (Wildman–Crippen MR) is 96.2 cm³/mol. The number of aromatic nitrogens is 4. The monoisotopic (exact) mass is 390 g/mol. The van der Waals surface area contributed by atoms with E-state index in [4.69, 9.17) is 0 Å². The van der Waals surface area contributed by atoms with Gasteiger partial charge in [0.2, 0.25) is 0 Å². The molecule has 0 spiro atoms. The minimum atomic E-state index is -4.59. The molecule has 0 unspecified atom stereocenters. The molecule has 28 heavy (non-hydrogen) atoms. The number of aryl methyl sites for hydroxylation is 1. The van der Waals surface area contributed by atoms with Gasteiger partial charge < -0.3 is 10.6 Å². The van der Waals surface area contributed by atoms with Gasteiger partial charge in [0.1, 0.15) is 23.8 Å². The SMILES string of the molecule is Cc1nccn1-c1cc(NCCNC(=O)c2ccccc2C(F)(F)F)ncn1. The summed E-state index contributed by atoms with van der Waals surface area (Å²) in [4.78, 5) is 24.5. The second kappa shape index (κ2) is 8.07. The van der Waals surface area contributed by atoms with Crippen LogP contribution in [-0.4, -0.2) is 38.5 Å². The third-order valence-corrected chi connectivity index (χ3v) is 3.92. The van der Waals surface area contributed by atoms with E-state index in [0.29, 0.717) is 11.6 Å². The topological polar surface area (TPSA) is 84.7 Å². The second-order valence-corrected chi connectivity index (χ2v) is 5.83. The van der Waals surface area contributed by atoms with E-state index < -0.39 is 23.2 Å². The van der Waals surface area contributed by atoms with Crippen molar-refractivity contribution in [1.82, 2.24) is 24.8 Å². The van der Waals surface area contributed by atoms with Gasteiger partial charge in [0.15, 0.2) is 0 Å². The number of hydrogen-bond donors (Lipinski definition) is 2. The number of rotatable bonds is 6. The number of benzene rings is 1. The molecule has 0 bridgehead atoms. The Morgan fingerprint density at radius 3 is 2.64 bits per heavy atom. The first-order valence-electron chi connectivity index (χ1n) is 8.37. The van der Waals surface area contributed by atoms with E-state index in [2.05, 4.69) is 25.6 Å². The fourth-order valence-corrected chi connectivity index (χ4v) is 2.59. The number of hydrogen-bond acceptors (Lipinski definition) is 5. The van der Waals surface area contributed by atoms with Crippen LogP contribution in [0.25, 0.3) is 5.82 Å². The number of carbonyl (C=O) groups is 1. The highest BCUT2D eigenvalue weighted by Gasteiger charge is 2.34. The molecule has 2 N–H and O–H groups in total. The number of amides is 1. The fourth-order valence-electron chi connectivity index (χ4n) is 2.59. The Balaban J connectivity index is 1.57. The van der Waals surface area contributed by atoms with Gasteiger partial charge in [-0.05, 0) is 19.1 Å². The lowest BCUT2D eigenvalue weighted by Gasteiger charge is -2.13. The largest absolute Gasteiger partial charge is 0.417 e. The molecule has 1 aromatic carbocycles. The van der Waals surface area contributed by atoms with Crippen LogP contribution >= 0.6 is 0 Å². The van der Waals surface area contributed by atoms with Gasteiger partial charge in [-0.3, -0.25) is 9.36 Å². The third kappa shape index (κ3) is 4.45. The van der Waals surface area contributed by atoms with E-state index in [1.807, 2.05) is 6.92 Å². The first kappa shape index (κ1) is 19.3. The van der Waals surface area contributed by atoms with E-state index in [1.54, 1.807) is 23.0 Å². The Morgan fingerprint density at radius 1 is 1.14 bits per heavy atom. The van der Waals surface area contributed by atoms with Crippen molar-refractivity contribution in [3.8, 4) is 5.82 Å². The van der Waals surface area contributed by atoms with E-state index in [9.17, 15) is 18.0 Å². The molecule has 0 aliphatic carbocycles. The summed E-state index contributed by atoms with van der Waals surface area (Å²) in [6.07, 6.45) is 0.211. The summed E-state index contributed by atoms with van der Waals surface area (Å²) in [5.74, 6) is 1.12. The highest BCUT2D eigenvalue weighted by molar-refractivity contribution is 5.95. The van der Waals surface area contributed by atoms with E-state index in [1.165, 1.54) is 18.5 Å². The third-order valence-electron chi connectivity index (χ3n) is 3.92. The van der Waals surface area contributed by atoms with Gasteiger partial charge in [-0.1, -0.05) is 12.1 Å². The lowest BCUT2D eigenvalue weighted by molar-refractivity contribution is -0.137. The molecule has 1 amide bonds. The van der Waals surface area contributed by atoms with Crippen LogP contribution in [0.1, 0.15) is 21.7 Å². The first-order valence-corrected chi connectivity index (χ1v) is 8.37. The summed E-state index contributed by atoms with van der Waals surface area (Å²) >= 11 is 0. The number of carbonyl (C=O) groups excluding carboxylic acids is 1. The van der Waals surface area contributed by atoms with Crippen LogP contribution in [0.2, 0.25) is 0 Å². The van der Waals surface area contributed by atoms with Gasteiger partial charge >= 0.3 is 6.18 Å². The maximum absolute atomic E-state index is 13.0. The zero-order chi connectivity index (χ0) is 20.1. The Bertz CT molecular complexity index is 970. The predicted octanol–water partition coefficient (Wildman–Crippen LogP) is 2.83. The minimum absolute atomic E-state index is 0.120.